The molecule has 17 heavy (non-hydrogen) atoms. The highest BCUT2D eigenvalue weighted by Crippen LogP contribution is 2.15. The third-order valence-corrected chi connectivity index (χ3v) is 3.37. The normalized spacial score (nSPS) is 11.1. The Balaban J connectivity index is 2.52. The fourth-order valence-corrected chi connectivity index (χ4v) is 2.08. The van der Waals surface area contributed by atoms with Gasteiger partial charge in [0.1, 0.15) is 0 Å². The van der Waals surface area contributed by atoms with E-state index in [1.54, 1.807) is 0 Å². The van der Waals surface area contributed by atoms with E-state index in [1.807, 2.05) is 19.0 Å². The smallest absolute Gasteiger partial charge is 0.204 e. The van der Waals surface area contributed by atoms with Gasteiger partial charge in [0.05, 0.1) is 13.2 Å². The Morgan fingerprint density at radius 3 is 2.59 bits per heavy atom. The molecule has 0 aliphatic heterocycles. The minimum atomic E-state index is 0.189. The van der Waals surface area contributed by atoms with Crippen LogP contribution in [0.2, 0.25) is 0 Å². The van der Waals surface area contributed by atoms with Gasteiger partial charge in [-0.05, 0) is 13.0 Å². The summed E-state index contributed by atoms with van der Waals surface area (Å²) in [5.41, 5.74) is 0. The van der Waals surface area contributed by atoms with E-state index in [9.17, 15) is 0 Å². The van der Waals surface area contributed by atoms with Crippen LogP contribution in [0.15, 0.2) is 0 Å². The van der Waals surface area contributed by atoms with Crippen LogP contribution in [0.3, 0.4) is 0 Å². The van der Waals surface area contributed by atoms with Crippen LogP contribution >= 0.6 is 11.5 Å². The lowest BCUT2D eigenvalue weighted by Crippen LogP contribution is -2.28. The Morgan fingerprint density at radius 2 is 2.06 bits per heavy atom. The fourth-order valence-electron chi connectivity index (χ4n) is 1.48. The summed E-state index contributed by atoms with van der Waals surface area (Å²) < 4.78 is 4.33. The number of nitrogens with zero attached hydrogens (tertiary/aromatic N) is 4. The van der Waals surface area contributed by atoms with Gasteiger partial charge in [-0.15, -0.1) is 0 Å². The van der Waals surface area contributed by atoms with E-state index in [1.165, 1.54) is 11.5 Å². The van der Waals surface area contributed by atoms with Crippen molar-refractivity contribution in [2.75, 3.05) is 38.7 Å². The summed E-state index contributed by atoms with van der Waals surface area (Å²) in [6.45, 7) is 4.77. The van der Waals surface area contributed by atoms with Crippen LogP contribution in [0.1, 0.15) is 25.6 Å². The van der Waals surface area contributed by atoms with Gasteiger partial charge in [-0.3, -0.25) is 4.90 Å². The first kappa shape index (κ1) is 14.3. The highest BCUT2D eigenvalue weighted by Gasteiger charge is 2.10. The van der Waals surface area contributed by atoms with Gasteiger partial charge in [-0.1, -0.05) is 13.3 Å². The average molecular weight is 258 g/mol. The molecular weight excluding hydrogens is 236 g/mol. The monoisotopic (exact) mass is 258 g/mol. The summed E-state index contributed by atoms with van der Waals surface area (Å²) in [6.07, 6.45) is 2.31. The molecule has 1 aromatic heterocycles. The zero-order valence-corrected chi connectivity index (χ0v) is 11.7. The zero-order chi connectivity index (χ0) is 12.7. The molecule has 0 aliphatic rings. The van der Waals surface area contributed by atoms with Crippen LogP contribution in [-0.2, 0) is 6.54 Å². The molecule has 0 fully saturated rings. The number of rotatable bonds is 8. The van der Waals surface area contributed by atoms with Crippen molar-refractivity contribution in [1.82, 2.24) is 14.3 Å². The zero-order valence-electron chi connectivity index (χ0n) is 10.9. The summed E-state index contributed by atoms with van der Waals surface area (Å²) >= 11 is 1.42. The van der Waals surface area contributed by atoms with E-state index in [4.69, 9.17) is 5.11 Å². The molecule has 0 radical (unpaired) electrons. The van der Waals surface area contributed by atoms with Gasteiger partial charge >= 0.3 is 0 Å². The van der Waals surface area contributed by atoms with Crippen molar-refractivity contribution in [3.63, 3.8) is 0 Å². The quantitative estimate of drug-likeness (QED) is 0.759. The molecule has 0 bridgehead atoms. The van der Waals surface area contributed by atoms with Crippen LogP contribution in [0.25, 0.3) is 0 Å². The minimum Gasteiger partial charge on any atom is -0.395 e. The number of hydrogen-bond acceptors (Lipinski definition) is 6. The third-order valence-electron chi connectivity index (χ3n) is 2.45. The van der Waals surface area contributed by atoms with E-state index in [0.717, 1.165) is 36.9 Å². The lowest BCUT2D eigenvalue weighted by molar-refractivity contribution is 0.186. The van der Waals surface area contributed by atoms with E-state index in [0.29, 0.717) is 6.54 Å². The number of anilines is 1. The topological polar surface area (TPSA) is 52.5 Å². The van der Waals surface area contributed by atoms with Gasteiger partial charge in [0.15, 0.2) is 5.82 Å². The van der Waals surface area contributed by atoms with Gasteiger partial charge in [-0.2, -0.15) is 4.37 Å². The number of hydrogen-bond donors (Lipinski definition) is 1. The average Bonchev–Trinajstić information content (AvgIpc) is 2.75. The van der Waals surface area contributed by atoms with Crippen LogP contribution in [0.4, 0.5) is 5.13 Å². The predicted molar refractivity (Wildman–Crippen MR) is 71.5 cm³/mol. The lowest BCUT2D eigenvalue weighted by Gasteiger charge is -2.19. The molecule has 0 atom stereocenters. The molecule has 0 aromatic carbocycles. The molecule has 1 rings (SSSR count). The maximum Gasteiger partial charge on any atom is 0.204 e. The first-order valence-electron chi connectivity index (χ1n) is 6.00. The van der Waals surface area contributed by atoms with E-state index in [-0.39, 0.29) is 6.61 Å². The molecule has 5 nitrogen and oxygen atoms in total. The molecule has 0 saturated carbocycles. The molecule has 1 N–H and O–H groups in total. The second-order valence-corrected chi connectivity index (χ2v) is 4.97. The highest BCUT2D eigenvalue weighted by atomic mass is 32.1. The summed E-state index contributed by atoms with van der Waals surface area (Å²) in [4.78, 5) is 8.61. The molecule has 0 spiro atoms. The summed E-state index contributed by atoms with van der Waals surface area (Å²) in [5, 5.41) is 9.95. The second kappa shape index (κ2) is 7.58. The number of aliphatic hydroxyl groups excluding tert-OH is 1. The summed E-state index contributed by atoms with van der Waals surface area (Å²) in [6, 6.07) is 0. The highest BCUT2D eigenvalue weighted by molar-refractivity contribution is 7.09. The van der Waals surface area contributed by atoms with E-state index in [2.05, 4.69) is 21.2 Å². The van der Waals surface area contributed by atoms with E-state index >= 15 is 0 Å². The Kier molecular flexibility index (Phi) is 6.39. The van der Waals surface area contributed by atoms with Crippen molar-refractivity contribution in [3.05, 3.63) is 5.82 Å². The fraction of sp³-hybridized carbons (Fsp3) is 0.818. The molecule has 0 saturated heterocycles. The molecule has 1 aromatic rings. The number of aromatic nitrogens is 2. The largest absolute Gasteiger partial charge is 0.395 e. The van der Waals surface area contributed by atoms with Gasteiger partial charge in [0.2, 0.25) is 5.13 Å². The molecule has 0 amide bonds. The summed E-state index contributed by atoms with van der Waals surface area (Å²) in [5.74, 6) is 0.850. The molecule has 0 unspecified atom stereocenters. The number of unbranched alkanes of at least 4 members (excludes halogenated alkanes) is 1. The van der Waals surface area contributed by atoms with Crippen molar-refractivity contribution in [2.45, 2.75) is 26.3 Å². The van der Waals surface area contributed by atoms with Gasteiger partial charge in [0, 0.05) is 32.2 Å². The SMILES string of the molecule is CCCCN(CCO)Cc1nsc(N(C)C)n1. The van der Waals surface area contributed by atoms with Crippen molar-refractivity contribution < 1.29 is 5.11 Å². The predicted octanol–water partition coefficient (Wildman–Crippen LogP) is 1.20. The minimum absolute atomic E-state index is 0.189. The van der Waals surface area contributed by atoms with Crippen molar-refractivity contribution >= 4 is 16.7 Å². The van der Waals surface area contributed by atoms with Gasteiger partial charge in [-0.25, -0.2) is 4.98 Å². The van der Waals surface area contributed by atoms with Crippen molar-refractivity contribution in [1.29, 1.82) is 0 Å². The Hall–Kier alpha value is -0.720. The molecule has 0 aliphatic carbocycles. The van der Waals surface area contributed by atoms with Crippen molar-refractivity contribution in [2.24, 2.45) is 0 Å². The third kappa shape index (κ3) is 4.97. The van der Waals surface area contributed by atoms with Crippen LogP contribution in [0, 0.1) is 0 Å². The van der Waals surface area contributed by atoms with Gasteiger partial charge in [0.25, 0.3) is 0 Å². The molecule has 1 heterocycles. The second-order valence-electron chi connectivity index (χ2n) is 4.24. The van der Waals surface area contributed by atoms with Crippen LogP contribution in [-0.4, -0.2) is 53.2 Å². The molecular formula is C11H22N4OS. The summed E-state index contributed by atoms with van der Waals surface area (Å²) in [7, 11) is 3.93. The maximum absolute atomic E-state index is 9.02. The van der Waals surface area contributed by atoms with E-state index < -0.39 is 0 Å². The number of aliphatic hydroxyl groups is 1. The van der Waals surface area contributed by atoms with Crippen LogP contribution < -0.4 is 4.90 Å². The molecule has 6 heteroatoms. The Bertz CT molecular complexity index is 316. The van der Waals surface area contributed by atoms with Crippen LogP contribution in [0.5, 0.6) is 0 Å². The maximum atomic E-state index is 9.02. The standard InChI is InChI=1S/C11H22N4OS/c1-4-5-6-15(7-8-16)9-10-12-11(14(2)3)17-13-10/h16H,4-9H2,1-3H3. The van der Waals surface area contributed by atoms with Gasteiger partial charge < -0.3 is 10.0 Å². The first-order chi connectivity index (χ1) is 8.17. The molecule has 98 valence electrons. The van der Waals surface area contributed by atoms with Crippen molar-refractivity contribution in [3.8, 4) is 0 Å². The Morgan fingerprint density at radius 1 is 1.29 bits per heavy atom. The first-order valence-corrected chi connectivity index (χ1v) is 6.77. The lowest BCUT2D eigenvalue weighted by atomic mass is 10.3. The Labute approximate surface area is 107 Å².